The van der Waals surface area contributed by atoms with Gasteiger partial charge in [0.15, 0.2) is 0 Å². The second-order valence-corrected chi connectivity index (χ2v) is 4.54. The number of carbonyl (C=O) groups is 1. The molecule has 102 valence electrons. The topological polar surface area (TPSA) is 110 Å². The summed E-state index contributed by atoms with van der Waals surface area (Å²) < 4.78 is 1.46. The number of rotatable bonds is 4. The number of benzene rings is 1. The van der Waals surface area contributed by atoms with Crippen molar-refractivity contribution in [2.24, 2.45) is 5.92 Å². The summed E-state index contributed by atoms with van der Waals surface area (Å²) in [5.41, 5.74) is 1.49. The highest BCUT2D eigenvalue weighted by Crippen LogP contribution is 2.24. The number of carboxylic acids is 1. The molecule has 0 amide bonds. The number of nitrogens with one attached hydrogen (secondary N) is 1. The van der Waals surface area contributed by atoms with E-state index < -0.39 is 11.9 Å². The Balaban J connectivity index is 2.03. The predicted octanol–water partition coefficient (Wildman–Crippen LogP) is 0.937. The average molecular weight is 272 g/mol. The molecule has 0 fully saturated rings. The van der Waals surface area contributed by atoms with Crippen LogP contribution in [0.15, 0.2) is 24.3 Å². The van der Waals surface area contributed by atoms with Crippen LogP contribution in [0, 0.1) is 5.92 Å². The molecule has 20 heavy (non-hydrogen) atoms. The molecule has 3 aromatic rings. The number of hydrogen-bond acceptors (Lipinski definition) is 5. The summed E-state index contributed by atoms with van der Waals surface area (Å²) in [7, 11) is 0. The van der Waals surface area contributed by atoms with Crippen molar-refractivity contribution in [3.8, 4) is 11.5 Å². The molecule has 2 heterocycles. The van der Waals surface area contributed by atoms with Crippen molar-refractivity contribution in [1.82, 2.24) is 30.4 Å². The molecule has 0 saturated heterocycles. The van der Waals surface area contributed by atoms with E-state index in [9.17, 15) is 4.79 Å². The van der Waals surface area contributed by atoms with Crippen molar-refractivity contribution in [3.63, 3.8) is 0 Å². The first kappa shape index (κ1) is 12.3. The van der Waals surface area contributed by atoms with Crippen LogP contribution in [0.2, 0.25) is 0 Å². The van der Waals surface area contributed by atoms with Crippen LogP contribution >= 0.6 is 0 Å². The Labute approximate surface area is 113 Å². The van der Waals surface area contributed by atoms with Gasteiger partial charge < -0.3 is 5.11 Å². The number of aromatic nitrogens is 6. The molecule has 0 radical (unpaired) electrons. The minimum absolute atomic E-state index is 0.193. The van der Waals surface area contributed by atoms with Crippen molar-refractivity contribution in [3.05, 3.63) is 24.3 Å². The lowest BCUT2D eigenvalue weighted by atomic mass is 10.2. The van der Waals surface area contributed by atoms with E-state index in [0.29, 0.717) is 11.5 Å². The van der Waals surface area contributed by atoms with Crippen molar-refractivity contribution >= 4 is 16.9 Å². The Kier molecular flexibility index (Phi) is 2.90. The average Bonchev–Trinajstić information content (AvgIpc) is 3.04. The SMILES string of the molecule is CC(Cn1nnnc1-c1n[nH]c2ccccc12)C(=O)O. The number of carboxylic acid groups (broad SMARTS) is 1. The number of aliphatic carboxylic acids is 1. The molecule has 1 unspecified atom stereocenters. The van der Waals surface area contributed by atoms with Gasteiger partial charge in [0.1, 0.15) is 5.69 Å². The molecular formula is C12H12N6O2. The summed E-state index contributed by atoms with van der Waals surface area (Å²) in [5.74, 6) is -1.02. The zero-order valence-electron chi connectivity index (χ0n) is 10.7. The van der Waals surface area contributed by atoms with Crippen molar-refractivity contribution in [2.75, 3.05) is 0 Å². The molecular weight excluding hydrogens is 260 g/mol. The molecule has 1 aromatic carbocycles. The van der Waals surface area contributed by atoms with E-state index in [1.165, 1.54) is 4.68 Å². The van der Waals surface area contributed by atoms with Gasteiger partial charge in [-0.05, 0) is 16.5 Å². The predicted molar refractivity (Wildman–Crippen MR) is 69.7 cm³/mol. The largest absolute Gasteiger partial charge is 0.481 e. The Morgan fingerprint density at radius 3 is 3.05 bits per heavy atom. The molecule has 3 rings (SSSR count). The van der Waals surface area contributed by atoms with Gasteiger partial charge in [-0.25, -0.2) is 4.68 Å². The Morgan fingerprint density at radius 2 is 2.25 bits per heavy atom. The minimum atomic E-state index is -0.890. The molecule has 8 heteroatoms. The van der Waals surface area contributed by atoms with Gasteiger partial charge in [-0.1, -0.05) is 25.1 Å². The summed E-state index contributed by atoms with van der Waals surface area (Å²) in [6, 6.07) is 7.61. The van der Waals surface area contributed by atoms with Crippen LogP contribution in [-0.2, 0) is 11.3 Å². The van der Waals surface area contributed by atoms with Crippen molar-refractivity contribution in [1.29, 1.82) is 0 Å². The zero-order chi connectivity index (χ0) is 14.1. The van der Waals surface area contributed by atoms with Gasteiger partial charge in [-0.3, -0.25) is 9.89 Å². The summed E-state index contributed by atoms with van der Waals surface area (Å²) in [5, 5.41) is 28.4. The minimum Gasteiger partial charge on any atom is -0.481 e. The fraction of sp³-hybridized carbons (Fsp3) is 0.250. The fourth-order valence-electron chi connectivity index (χ4n) is 1.97. The number of H-pyrrole nitrogens is 1. The highest BCUT2D eigenvalue weighted by Gasteiger charge is 2.19. The smallest absolute Gasteiger partial charge is 0.308 e. The van der Waals surface area contributed by atoms with E-state index in [4.69, 9.17) is 5.11 Å². The molecule has 0 bridgehead atoms. The van der Waals surface area contributed by atoms with Gasteiger partial charge in [0, 0.05) is 5.39 Å². The second-order valence-electron chi connectivity index (χ2n) is 4.54. The highest BCUT2D eigenvalue weighted by molar-refractivity contribution is 5.90. The Bertz CT molecular complexity index is 762. The first-order valence-electron chi connectivity index (χ1n) is 6.09. The quantitative estimate of drug-likeness (QED) is 0.731. The first-order chi connectivity index (χ1) is 9.66. The third kappa shape index (κ3) is 2.00. The molecule has 0 saturated carbocycles. The maximum Gasteiger partial charge on any atom is 0.308 e. The van der Waals surface area contributed by atoms with Crippen LogP contribution in [0.25, 0.3) is 22.4 Å². The van der Waals surface area contributed by atoms with E-state index in [1.807, 2.05) is 24.3 Å². The molecule has 2 N–H and O–H groups in total. The fourth-order valence-corrected chi connectivity index (χ4v) is 1.97. The lowest BCUT2D eigenvalue weighted by Gasteiger charge is -2.06. The molecule has 1 atom stereocenters. The lowest BCUT2D eigenvalue weighted by Crippen LogP contribution is -2.18. The molecule has 0 spiro atoms. The number of hydrogen-bond donors (Lipinski definition) is 2. The third-order valence-corrected chi connectivity index (χ3v) is 3.08. The van der Waals surface area contributed by atoms with Crippen LogP contribution in [0.4, 0.5) is 0 Å². The molecule has 0 aliphatic rings. The number of para-hydroxylation sites is 1. The first-order valence-corrected chi connectivity index (χ1v) is 6.09. The maximum absolute atomic E-state index is 10.9. The van der Waals surface area contributed by atoms with Gasteiger partial charge in [-0.15, -0.1) is 5.10 Å². The van der Waals surface area contributed by atoms with E-state index in [1.54, 1.807) is 6.92 Å². The summed E-state index contributed by atoms with van der Waals surface area (Å²) in [4.78, 5) is 10.9. The number of tetrazole rings is 1. The van der Waals surface area contributed by atoms with Crippen LogP contribution in [0.3, 0.4) is 0 Å². The van der Waals surface area contributed by atoms with Gasteiger partial charge in [0.25, 0.3) is 0 Å². The number of aromatic amines is 1. The third-order valence-electron chi connectivity index (χ3n) is 3.08. The monoisotopic (exact) mass is 272 g/mol. The standard InChI is InChI=1S/C12H12N6O2/c1-7(12(19)20)6-18-11(15-16-17-18)10-8-4-2-3-5-9(8)13-14-10/h2-5,7H,6H2,1H3,(H,13,14)(H,19,20). The van der Waals surface area contributed by atoms with Crippen molar-refractivity contribution in [2.45, 2.75) is 13.5 Å². The van der Waals surface area contributed by atoms with E-state index >= 15 is 0 Å². The molecule has 0 aliphatic heterocycles. The molecule has 2 aromatic heterocycles. The summed E-state index contributed by atoms with van der Waals surface area (Å²) >= 11 is 0. The van der Waals surface area contributed by atoms with Gasteiger partial charge >= 0.3 is 5.97 Å². The van der Waals surface area contributed by atoms with Gasteiger partial charge in [-0.2, -0.15) is 5.10 Å². The lowest BCUT2D eigenvalue weighted by molar-refractivity contribution is -0.141. The van der Waals surface area contributed by atoms with Crippen LogP contribution < -0.4 is 0 Å². The van der Waals surface area contributed by atoms with Gasteiger partial charge in [0.2, 0.25) is 5.82 Å². The molecule has 8 nitrogen and oxygen atoms in total. The van der Waals surface area contributed by atoms with Crippen LogP contribution in [-0.4, -0.2) is 41.5 Å². The van der Waals surface area contributed by atoms with Gasteiger partial charge in [0.05, 0.1) is 18.0 Å². The summed E-state index contributed by atoms with van der Waals surface area (Å²) in [6.45, 7) is 1.80. The normalized spacial score (nSPS) is 12.7. The van der Waals surface area contributed by atoms with E-state index in [2.05, 4.69) is 25.7 Å². The highest BCUT2D eigenvalue weighted by atomic mass is 16.4. The van der Waals surface area contributed by atoms with Crippen LogP contribution in [0.1, 0.15) is 6.92 Å². The van der Waals surface area contributed by atoms with Crippen LogP contribution in [0.5, 0.6) is 0 Å². The zero-order valence-corrected chi connectivity index (χ0v) is 10.7. The Hall–Kier alpha value is -2.77. The molecule has 0 aliphatic carbocycles. The second kappa shape index (κ2) is 4.72. The maximum atomic E-state index is 10.9. The van der Waals surface area contributed by atoms with E-state index in [0.717, 1.165) is 10.9 Å². The number of nitrogens with zero attached hydrogens (tertiary/aromatic N) is 5. The number of fused-ring (bicyclic) bond motifs is 1. The van der Waals surface area contributed by atoms with E-state index in [-0.39, 0.29) is 6.54 Å². The summed E-state index contributed by atoms with van der Waals surface area (Å²) in [6.07, 6.45) is 0. The van der Waals surface area contributed by atoms with Crippen molar-refractivity contribution < 1.29 is 9.90 Å². The Morgan fingerprint density at radius 1 is 1.45 bits per heavy atom.